The molecule has 0 radical (unpaired) electrons. The van der Waals surface area contributed by atoms with E-state index in [0.29, 0.717) is 30.1 Å². The van der Waals surface area contributed by atoms with Crippen LogP contribution in [-0.4, -0.2) is 17.1 Å². The van der Waals surface area contributed by atoms with E-state index in [0.717, 1.165) is 12.1 Å². The van der Waals surface area contributed by atoms with Gasteiger partial charge in [0.1, 0.15) is 11.3 Å². The van der Waals surface area contributed by atoms with Crippen LogP contribution in [0.15, 0.2) is 53.5 Å². The number of alkyl halides is 3. The van der Waals surface area contributed by atoms with Crippen LogP contribution in [0.25, 0.3) is 10.9 Å². The number of carbonyl (C=O) groups excluding carboxylic acids is 1. The van der Waals surface area contributed by atoms with Crippen LogP contribution >= 0.6 is 0 Å². The Morgan fingerprint density at radius 2 is 1.79 bits per heavy atom. The molecule has 0 saturated carbocycles. The monoisotopic (exact) mass is 404 g/mol. The Kier molecular flexibility index (Phi) is 5.63. The molecule has 1 heterocycles. The number of amides is 1. The van der Waals surface area contributed by atoms with Gasteiger partial charge in [-0.1, -0.05) is 0 Å². The quantitative estimate of drug-likeness (QED) is 0.671. The number of hydrogen-bond acceptors (Lipinski definition) is 3. The second-order valence-electron chi connectivity index (χ2n) is 6.30. The van der Waals surface area contributed by atoms with Gasteiger partial charge in [0, 0.05) is 23.8 Å². The molecule has 0 fully saturated rings. The van der Waals surface area contributed by atoms with E-state index in [2.05, 4.69) is 5.32 Å². The first-order valence-corrected chi connectivity index (χ1v) is 9.03. The lowest BCUT2D eigenvalue weighted by atomic mass is 10.1. The molecular weight excluding hydrogens is 385 g/mol. The standard InChI is InChI=1S/C21H19F3N2O3/c1-3-26-12-17(20(28)25-14-6-8-15(9-7-14)29-4-2)19(27)16-11-13(21(22,23)24)5-10-18(16)26/h5-12H,3-4H2,1-2H3,(H,25,28). The van der Waals surface area contributed by atoms with Gasteiger partial charge < -0.3 is 14.6 Å². The number of halogens is 3. The van der Waals surface area contributed by atoms with Gasteiger partial charge in [0.2, 0.25) is 5.43 Å². The molecule has 29 heavy (non-hydrogen) atoms. The fraction of sp³-hybridized carbons (Fsp3) is 0.238. The van der Waals surface area contributed by atoms with E-state index in [1.807, 2.05) is 6.92 Å². The van der Waals surface area contributed by atoms with Gasteiger partial charge in [-0.25, -0.2) is 0 Å². The van der Waals surface area contributed by atoms with Gasteiger partial charge in [0.25, 0.3) is 5.91 Å². The van der Waals surface area contributed by atoms with Gasteiger partial charge in [-0.05, 0) is 56.3 Å². The summed E-state index contributed by atoms with van der Waals surface area (Å²) in [5, 5.41) is 2.45. The zero-order valence-corrected chi connectivity index (χ0v) is 15.8. The highest BCUT2D eigenvalue weighted by Gasteiger charge is 2.31. The maximum atomic E-state index is 13.1. The Bertz CT molecular complexity index is 1100. The topological polar surface area (TPSA) is 60.3 Å². The SMILES string of the molecule is CCOc1ccc(NC(=O)c2cn(CC)c3ccc(C(F)(F)F)cc3c2=O)cc1. The molecule has 5 nitrogen and oxygen atoms in total. The Morgan fingerprint density at radius 1 is 1.10 bits per heavy atom. The summed E-state index contributed by atoms with van der Waals surface area (Å²) in [5.41, 5.74) is -1.14. The summed E-state index contributed by atoms with van der Waals surface area (Å²) in [5.74, 6) is -0.0649. The summed E-state index contributed by atoms with van der Waals surface area (Å²) in [7, 11) is 0. The molecule has 0 atom stereocenters. The molecule has 0 spiro atoms. The van der Waals surface area contributed by atoms with E-state index >= 15 is 0 Å². The number of anilines is 1. The zero-order chi connectivity index (χ0) is 21.2. The predicted molar refractivity (Wildman–Crippen MR) is 104 cm³/mol. The number of pyridine rings is 1. The fourth-order valence-electron chi connectivity index (χ4n) is 3.00. The molecule has 3 rings (SSSR count). The predicted octanol–water partition coefficient (Wildman–Crippen LogP) is 4.69. The fourth-order valence-corrected chi connectivity index (χ4v) is 3.00. The second kappa shape index (κ2) is 7.98. The van der Waals surface area contributed by atoms with E-state index in [1.54, 1.807) is 35.8 Å². The van der Waals surface area contributed by atoms with Crippen molar-refractivity contribution >= 4 is 22.5 Å². The van der Waals surface area contributed by atoms with Gasteiger partial charge in [-0.15, -0.1) is 0 Å². The first-order valence-electron chi connectivity index (χ1n) is 9.03. The minimum atomic E-state index is -4.59. The smallest absolute Gasteiger partial charge is 0.416 e. The second-order valence-corrected chi connectivity index (χ2v) is 6.30. The molecule has 0 aliphatic heterocycles. The van der Waals surface area contributed by atoms with Crippen LogP contribution in [0.4, 0.5) is 18.9 Å². The minimum Gasteiger partial charge on any atom is -0.494 e. The van der Waals surface area contributed by atoms with Gasteiger partial charge >= 0.3 is 6.18 Å². The highest BCUT2D eigenvalue weighted by atomic mass is 19.4. The van der Waals surface area contributed by atoms with E-state index in [-0.39, 0.29) is 10.9 Å². The first kappa shape index (κ1) is 20.4. The van der Waals surface area contributed by atoms with Gasteiger partial charge in [-0.2, -0.15) is 13.2 Å². The summed E-state index contributed by atoms with van der Waals surface area (Å²) in [4.78, 5) is 25.4. The number of aromatic nitrogens is 1. The van der Waals surface area contributed by atoms with Crippen molar-refractivity contribution in [3.05, 3.63) is 70.0 Å². The Balaban J connectivity index is 2.02. The molecule has 0 saturated heterocycles. The van der Waals surface area contributed by atoms with Crippen molar-refractivity contribution in [2.75, 3.05) is 11.9 Å². The summed E-state index contributed by atoms with van der Waals surface area (Å²) in [6, 6.07) is 9.52. The normalized spacial score (nSPS) is 11.5. The first-order chi connectivity index (χ1) is 13.7. The molecular formula is C21H19F3N2O3. The van der Waals surface area contributed by atoms with Crippen molar-refractivity contribution in [2.24, 2.45) is 0 Å². The van der Waals surface area contributed by atoms with Crippen molar-refractivity contribution in [3.8, 4) is 5.75 Å². The Hall–Kier alpha value is -3.29. The van der Waals surface area contributed by atoms with Crippen molar-refractivity contribution in [2.45, 2.75) is 26.6 Å². The van der Waals surface area contributed by atoms with Crippen molar-refractivity contribution < 1.29 is 22.7 Å². The molecule has 2 aromatic carbocycles. The highest BCUT2D eigenvalue weighted by Crippen LogP contribution is 2.31. The lowest BCUT2D eigenvalue weighted by Crippen LogP contribution is -2.24. The number of nitrogens with zero attached hydrogens (tertiary/aromatic N) is 1. The number of benzene rings is 2. The van der Waals surface area contributed by atoms with Crippen molar-refractivity contribution in [3.63, 3.8) is 0 Å². The maximum absolute atomic E-state index is 13.1. The van der Waals surface area contributed by atoms with Crippen LogP contribution in [-0.2, 0) is 12.7 Å². The molecule has 152 valence electrons. The number of hydrogen-bond donors (Lipinski definition) is 1. The largest absolute Gasteiger partial charge is 0.494 e. The Labute approximate surface area is 164 Å². The molecule has 3 aromatic rings. The molecule has 1 amide bonds. The molecule has 1 aromatic heterocycles. The van der Waals surface area contributed by atoms with Gasteiger partial charge in [0.05, 0.1) is 17.7 Å². The average molecular weight is 404 g/mol. The lowest BCUT2D eigenvalue weighted by Gasteiger charge is -2.14. The minimum absolute atomic E-state index is 0.152. The highest BCUT2D eigenvalue weighted by molar-refractivity contribution is 6.05. The number of carbonyl (C=O) groups is 1. The molecule has 0 unspecified atom stereocenters. The summed E-state index contributed by atoms with van der Waals surface area (Å²) in [6.45, 7) is 4.50. The molecule has 0 aliphatic carbocycles. The van der Waals surface area contributed by atoms with Crippen LogP contribution in [0.2, 0.25) is 0 Å². The molecule has 8 heteroatoms. The number of fused-ring (bicyclic) bond motifs is 1. The van der Waals surface area contributed by atoms with E-state index in [1.165, 1.54) is 12.3 Å². The lowest BCUT2D eigenvalue weighted by molar-refractivity contribution is -0.137. The van der Waals surface area contributed by atoms with E-state index in [4.69, 9.17) is 4.74 Å². The van der Waals surface area contributed by atoms with Gasteiger partial charge in [-0.3, -0.25) is 9.59 Å². The maximum Gasteiger partial charge on any atom is 0.416 e. The third kappa shape index (κ3) is 4.26. The zero-order valence-electron chi connectivity index (χ0n) is 15.8. The number of nitrogens with one attached hydrogen (secondary N) is 1. The van der Waals surface area contributed by atoms with Crippen LogP contribution in [0.3, 0.4) is 0 Å². The van der Waals surface area contributed by atoms with Crippen molar-refractivity contribution in [1.29, 1.82) is 0 Å². The van der Waals surface area contributed by atoms with Crippen LogP contribution in [0, 0.1) is 0 Å². The molecule has 0 aliphatic rings. The van der Waals surface area contributed by atoms with Crippen LogP contribution < -0.4 is 15.5 Å². The van der Waals surface area contributed by atoms with Gasteiger partial charge in [0.15, 0.2) is 0 Å². The summed E-state index contributed by atoms with van der Waals surface area (Å²) >= 11 is 0. The van der Waals surface area contributed by atoms with Crippen molar-refractivity contribution in [1.82, 2.24) is 4.57 Å². The van der Waals surface area contributed by atoms with Crippen LogP contribution in [0.1, 0.15) is 29.8 Å². The number of rotatable bonds is 5. The number of ether oxygens (including phenoxy) is 1. The molecule has 0 bridgehead atoms. The third-order valence-corrected chi connectivity index (χ3v) is 4.42. The summed E-state index contributed by atoms with van der Waals surface area (Å²) in [6.07, 6.45) is -3.22. The van der Waals surface area contributed by atoms with E-state index < -0.39 is 23.1 Å². The average Bonchev–Trinajstić information content (AvgIpc) is 2.69. The Morgan fingerprint density at radius 3 is 2.38 bits per heavy atom. The molecule has 1 N–H and O–H groups in total. The van der Waals surface area contributed by atoms with E-state index in [9.17, 15) is 22.8 Å². The third-order valence-electron chi connectivity index (χ3n) is 4.42. The van der Waals surface area contributed by atoms with Crippen LogP contribution in [0.5, 0.6) is 5.75 Å². The number of aryl methyl sites for hydroxylation is 1. The summed E-state index contributed by atoms with van der Waals surface area (Å²) < 4.78 is 46.1.